The van der Waals surface area contributed by atoms with Crippen molar-refractivity contribution >= 4 is 20.7 Å². The highest BCUT2D eigenvalue weighted by Crippen LogP contribution is 2.25. The molecule has 0 unspecified atom stereocenters. The van der Waals surface area contributed by atoms with Crippen molar-refractivity contribution in [2.75, 3.05) is 6.26 Å². The first kappa shape index (κ1) is 83.0. The van der Waals surface area contributed by atoms with E-state index >= 15 is 0 Å². The number of hydrogen-bond donors (Lipinski definition) is 2. The van der Waals surface area contributed by atoms with Crippen LogP contribution in [0, 0.1) is 0 Å². The SMILES string of the molecule is C.CCCCCCCCCCCCCCCc1cccc(O)c1.CCCCCCCCCCCCCCCc1cccc(Oc2ccccc2)c1.CCCCCCCCCCCCCCCc1cccc(Oc2ccccc2)c1.CS(=O)(=O)O.O=S(=O)=O. The molecule has 0 bridgehead atoms. The molecule has 0 amide bonds. The van der Waals surface area contributed by atoms with E-state index in [1.54, 1.807) is 6.07 Å². The van der Waals surface area contributed by atoms with Crippen LogP contribution in [0.5, 0.6) is 28.7 Å². The summed E-state index contributed by atoms with van der Waals surface area (Å²) in [6.07, 6.45) is 58.9. The lowest BCUT2D eigenvalue weighted by atomic mass is 10.0. The molecule has 9 nitrogen and oxygen atoms in total. The smallest absolute Gasteiger partial charge is 0.425 e. The molecule has 0 aromatic heterocycles. The van der Waals surface area contributed by atoms with Gasteiger partial charge >= 0.3 is 10.6 Å². The zero-order valence-electron chi connectivity index (χ0n) is 55.0. The zero-order chi connectivity index (χ0) is 63.4. The first-order valence-corrected chi connectivity index (χ1v) is 37.3. The minimum atomic E-state index is -3.67. The number of rotatable bonds is 46. The predicted molar refractivity (Wildman–Crippen MR) is 376 cm³/mol. The molecule has 0 aliphatic carbocycles. The molecule has 11 heteroatoms. The number of benzene rings is 5. The number of aromatic hydroxyl groups is 1. The van der Waals surface area contributed by atoms with Crippen LogP contribution in [-0.4, -0.2) is 37.0 Å². The Morgan fingerprint density at radius 3 is 0.761 bits per heavy atom. The maximum atomic E-state index is 9.42. The number of phenolic OH excluding ortho intramolecular Hbond substituents is 1. The molecular weight excluding hydrogens is 1130 g/mol. The van der Waals surface area contributed by atoms with Crippen LogP contribution in [0.25, 0.3) is 0 Å². The van der Waals surface area contributed by atoms with E-state index in [1.165, 1.54) is 267 Å². The maximum absolute atomic E-state index is 9.42. The van der Waals surface area contributed by atoms with Crippen LogP contribution < -0.4 is 9.47 Å². The highest BCUT2D eigenvalue weighted by atomic mass is 32.2. The summed E-state index contributed by atoms with van der Waals surface area (Å²) in [7, 11) is -6.78. The number of phenols is 1. The van der Waals surface area contributed by atoms with Gasteiger partial charge in [-0.1, -0.05) is 332 Å². The Morgan fingerprint density at radius 2 is 0.523 bits per heavy atom. The molecule has 0 fully saturated rings. The van der Waals surface area contributed by atoms with Gasteiger partial charge in [-0.2, -0.15) is 8.42 Å². The summed E-state index contributed by atoms with van der Waals surface area (Å²) < 4.78 is 63.1. The van der Waals surface area contributed by atoms with Gasteiger partial charge in [-0.15, -0.1) is 12.6 Å². The van der Waals surface area contributed by atoms with E-state index in [4.69, 9.17) is 26.7 Å². The average Bonchev–Trinajstić information content (AvgIpc) is 3.70. The third kappa shape index (κ3) is 58.7. The van der Waals surface area contributed by atoms with Crippen molar-refractivity contribution in [1.82, 2.24) is 0 Å². The largest absolute Gasteiger partial charge is 0.508 e. The van der Waals surface area contributed by atoms with Crippen molar-refractivity contribution in [3.8, 4) is 28.7 Å². The van der Waals surface area contributed by atoms with E-state index in [1.807, 2.05) is 84.9 Å². The van der Waals surface area contributed by atoms with Crippen LogP contribution in [0.2, 0.25) is 0 Å². The van der Waals surface area contributed by atoms with E-state index in [2.05, 4.69) is 63.2 Å². The van der Waals surface area contributed by atoms with Gasteiger partial charge in [-0.3, -0.25) is 4.55 Å². The topological polar surface area (TPSA) is 144 Å². The molecule has 0 saturated heterocycles. The molecule has 0 heterocycles. The minimum absolute atomic E-state index is 0. The summed E-state index contributed by atoms with van der Waals surface area (Å²) in [5, 5.41) is 9.42. The van der Waals surface area contributed by atoms with Gasteiger partial charge in [0.2, 0.25) is 0 Å². The molecule has 5 rings (SSSR count). The molecule has 0 saturated carbocycles. The first-order chi connectivity index (χ1) is 42.3. The zero-order valence-corrected chi connectivity index (χ0v) is 56.6. The van der Waals surface area contributed by atoms with Gasteiger partial charge in [-0.05, 0) is 116 Å². The second-order valence-electron chi connectivity index (χ2n) is 23.7. The third-order valence-electron chi connectivity index (χ3n) is 15.4. The summed E-state index contributed by atoms with van der Waals surface area (Å²) in [6, 6.07) is 44.8. The van der Waals surface area contributed by atoms with E-state index in [-0.39, 0.29) is 7.43 Å². The highest BCUT2D eigenvalue weighted by Gasteiger charge is 2.03. The van der Waals surface area contributed by atoms with Gasteiger partial charge in [0.1, 0.15) is 28.7 Å². The van der Waals surface area contributed by atoms with Crippen LogP contribution in [0.1, 0.15) is 295 Å². The van der Waals surface area contributed by atoms with Crippen molar-refractivity contribution in [3.05, 3.63) is 150 Å². The summed E-state index contributed by atoms with van der Waals surface area (Å²) >= 11 is 0. The standard InChI is InChI=1S/2C27H40O.C21H36O.CH4O3S.CH4.O3S/c2*1-2-3-4-5-6-7-8-9-10-11-12-13-15-19-25-20-18-23-27(24-25)28-26-21-16-14-17-22-26;1-2-3-4-5-6-7-8-9-10-11-12-13-14-16-20-17-15-18-21(22)19-20;1-5(2,3)4;;1-4(2)3/h2*14,16-18,20-24H,2-13,15,19H2,1H3;15,17-19,22H,2-14,16H2,1H3;1H3,(H,2,3,4);1H4;. The summed E-state index contributed by atoms with van der Waals surface area (Å²) in [6.45, 7) is 6.86. The molecule has 5 aromatic carbocycles. The Labute approximate surface area is 540 Å². The molecule has 0 aliphatic rings. The fraction of sp³-hybridized carbons (Fsp3) is 0.610. The third-order valence-corrected chi connectivity index (χ3v) is 15.4. The quantitative estimate of drug-likeness (QED) is 0.0287. The lowest BCUT2D eigenvalue weighted by molar-refractivity contribution is 0.474. The van der Waals surface area contributed by atoms with E-state index in [0.29, 0.717) is 12.0 Å². The lowest BCUT2D eigenvalue weighted by Crippen LogP contribution is -1.89. The Kier molecular flexibility index (Phi) is 57.5. The summed E-state index contributed by atoms with van der Waals surface area (Å²) in [5.41, 5.74) is 4.04. The molecule has 2 N–H and O–H groups in total. The van der Waals surface area contributed by atoms with Crippen LogP contribution in [0.15, 0.2) is 133 Å². The monoisotopic (exact) mass is 1260 g/mol. The summed E-state index contributed by atoms with van der Waals surface area (Å²) in [4.78, 5) is 0. The second kappa shape index (κ2) is 60.9. The average molecular weight is 1260 g/mol. The number of hydrogen-bond acceptors (Lipinski definition) is 8. The van der Waals surface area contributed by atoms with Gasteiger partial charge in [0.05, 0.1) is 6.26 Å². The highest BCUT2D eigenvalue weighted by molar-refractivity contribution is 7.85. The molecule has 0 spiro atoms. The van der Waals surface area contributed by atoms with Crippen LogP contribution >= 0.6 is 0 Å². The van der Waals surface area contributed by atoms with Crippen molar-refractivity contribution in [2.45, 2.75) is 298 Å². The normalized spacial score (nSPS) is 10.6. The molecule has 498 valence electrons. The summed E-state index contributed by atoms with van der Waals surface area (Å²) in [5.74, 6) is 4.09. The minimum Gasteiger partial charge on any atom is -0.508 e. The molecule has 0 radical (unpaired) electrons. The van der Waals surface area contributed by atoms with Gasteiger partial charge in [0.25, 0.3) is 10.1 Å². The second-order valence-corrected chi connectivity index (χ2v) is 25.6. The Morgan fingerprint density at radius 1 is 0.318 bits per heavy atom. The predicted octanol–water partition coefficient (Wildman–Crippen LogP) is 24.4. The number of ether oxygens (including phenoxy) is 2. The number of aryl methyl sites for hydroxylation is 3. The lowest BCUT2D eigenvalue weighted by Gasteiger charge is -2.08. The Balaban J connectivity index is 0.00000120. The van der Waals surface area contributed by atoms with Crippen molar-refractivity contribution in [1.29, 1.82) is 0 Å². The van der Waals surface area contributed by atoms with Crippen molar-refractivity contribution in [3.63, 3.8) is 0 Å². The Hall–Kier alpha value is -4.97. The van der Waals surface area contributed by atoms with Crippen molar-refractivity contribution < 1.29 is 40.2 Å². The van der Waals surface area contributed by atoms with Gasteiger partial charge in [-0.25, -0.2) is 0 Å². The van der Waals surface area contributed by atoms with Gasteiger partial charge in [0.15, 0.2) is 0 Å². The van der Waals surface area contributed by atoms with Crippen LogP contribution in [0.4, 0.5) is 0 Å². The van der Waals surface area contributed by atoms with Gasteiger partial charge in [0, 0.05) is 0 Å². The number of para-hydroxylation sites is 2. The first-order valence-electron chi connectivity index (χ1n) is 34.4. The fourth-order valence-electron chi connectivity index (χ4n) is 10.5. The molecule has 0 atom stereocenters. The van der Waals surface area contributed by atoms with E-state index < -0.39 is 20.7 Å². The van der Waals surface area contributed by atoms with Crippen LogP contribution in [0.3, 0.4) is 0 Å². The van der Waals surface area contributed by atoms with E-state index in [9.17, 15) is 13.5 Å². The van der Waals surface area contributed by atoms with Crippen molar-refractivity contribution in [2.24, 2.45) is 0 Å². The number of unbranched alkanes of at least 4 members (excludes halogenated alkanes) is 36. The van der Waals surface area contributed by atoms with Gasteiger partial charge < -0.3 is 14.6 Å². The molecule has 5 aromatic rings. The Bertz CT molecular complexity index is 2400. The fourth-order valence-corrected chi connectivity index (χ4v) is 10.5. The maximum Gasteiger partial charge on any atom is 0.425 e. The molecule has 88 heavy (non-hydrogen) atoms. The molecular formula is C77H124O9S2. The van der Waals surface area contributed by atoms with E-state index in [0.717, 1.165) is 42.3 Å². The molecule has 0 aliphatic heterocycles. The van der Waals surface area contributed by atoms with Crippen LogP contribution in [-0.2, 0) is 40.0 Å².